The zero-order valence-corrected chi connectivity index (χ0v) is 10.9. The Labute approximate surface area is 103 Å². The average Bonchev–Trinajstić information content (AvgIpc) is 2.57. The molecule has 0 radical (unpaired) electrons. The Morgan fingerprint density at radius 1 is 1.44 bits per heavy atom. The Kier molecular flexibility index (Phi) is 3.10. The second-order valence-corrected chi connectivity index (χ2v) is 4.62. The normalized spacial score (nSPS) is 20.2. The molecule has 1 aliphatic heterocycles. The molecule has 0 saturated heterocycles. The second-order valence-electron chi connectivity index (χ2n) is 3.77. The van der Waals surface area contributed by atoms with Gasteiger partial charge in [-0.25, -0.2) is 0 Å². The molecule has 0 fully saturated rings. The van der Waals surface area contributed by atoms with Crippen LogP contribution in [0.3, 0.4) is 0 Å². The third kappa shape index (κ3) is 1.78. The maximum absolute atomic E-state index is 12.0. The highest BCUT2D eigenvalue weighted by Gasteiger charge is 2.32. The smallest absolute Gasteiger partial charge is 0.256 e. The zero-order chi connectivity index (χ0) is 11.7. The van der Waals surface area contributed by atoms with Gasteiger partial charge in [-0.3, -0.25) is 4.79 Å². The first-order valence-corrected chi connectivity index (χ1v) is 6.10. The number of carbonyl (C=O) groups excluding carboxylic acids is 1. The molecule has 0 spiro atoms. The molecule has 1 amide bonds. The van der Waals surface area contributed by atoms with Gasteiger partial charge < -0.3 is 0 Å². The molecule has 16 heavy (non-hydrogen) atoms. The summed E-state index contributed by atoms with van der Waals surface area (Å²) in [6, 6.07) is 7.61. The fraction of sp³-hybridized carbons (Fsp3) is 0.333. The van der Waals surface area contributed by atoms with Crippen LogP contribution in [0.4, 0.5) is 5.69 Å². The van der Waals surface area contributed by atoms with E-state index in [4.69, 9.17) is 0 Å². The first-order chi connectivity index (χ1) is 7.65. The van der Waals surface area contributed by atoms with Gasteiger partial charge in [0.15, 0.2) is 0 Å². The third-order valence-corrected chi connectivity index (χ3v) is 3.42. The van der Waals surface area contributed by atoms with Crippen LogP contribution in [0.1, 0.15) is 20.3 Å². The van der Waals surface area contributed by atoms with Crippen molar-refractivity contribution in [2.24, 2.45) is 11.0 Å². The van der Waals surface area contributed by atoms with Crippen LogP contribution in [0.15, 0.2) is 33.8 Å². The molecule has 0 bridgehead atoms. The number of hydrazone groups is 1. The van der Waals surface area contributed by atoms with E-state index in [1.54, 1.807) is 0 Å². The molecular weight excluding hydrogens is 268 g/mol. The molecule has 4 heteroatoms. The van der Waals surface area contributed by atoms with Crippen LogP contribution in [0.2, 0.25) is 0 Å². The molecular formula is C12H13BrN2O. The van der Waals surface area contributed by atoms with Crippen molar-refractivity contribution in [2.75, 3.05) is 5.01 Å². The van der Waals surface area contributed by atoms with Crippen LogP contribution in [0.5, 0.6) is 0 Å². The molecule has 1 unspecified atom stereocenters. The molecule has 0 N–H and O–H groups in total. The van der Waals surface area contributed by atoms with Crippen molar-refractivity contribution in [1.82, 2.24) is 0 Å². The van der Waals surface area contributed by atoms with E-state index >= 15 is 0 Å². The number of hydrogen-bond donors (Lipinski definition) is 0. The standard InChI is InChI=1S/C12H13BrN2O/c1-3-10-8(2)12(16)15(14-10)11-7-5-4-6-9(11)13/h4-8H,3H2,1-2H3. The Balaban J connectivity index is 2.40. The van der Waals surface area contributed by atoms with Crippen molar-refractivity contribution in [1.29, 1.82) is 0 Å². The van der Waals surface area contributed by atoms with E-state index < -0.39 is 0 Å². The maximum Gasteiger partial charge on any atom is 0.256 e. The van der Waals surface area contributed by atoms with Crippen LogP contribution < -0.4 is 5.01 Å². The van der Waals surface area contributed by atoms with Crippen LogP contribution in [0, 0.1) is 5.92 Å². The minimum atomic E-state index is -0.0999. The Hall–Kier alpha value is -1.16. The first kappa shape index (κ1) is 11.3. The van der Waals surface area contributed by atoms with Gasteiger partial charge in [0.05, 0.1) is 17.3 Å². The Morgan fingerprint density at radius 3 is 2.69 bits per heavy atom. The topological polar surface area (TPSA) is 32.7 Å². The number of halogens is 1. The highest BCUT2D eigenvalue weighted by atomic mass is 79.9. The number of benzene rings is 1. The van der Waals surface area contributed by atoms with E-state index in [1.807, 2.05) is 38.1 Å². The average molecular weight is 281 g/mol. The van der Waals surface area contributed by atoms with Gasteiger partial charge in [-0.05, 0) is 41.4 Å². The number of nitrogens with zero attached hydrogens (tertiary/aromatic N) is 2. The lowest BCUT2D eigenvalue weighted by atomic mass is 10.0. The molecule has 0 aromatic heterocycles. The van der Waals surface area contributed by atoms with Crippen molar-refractivity contribution in [3.8, 4) is 0 Å². The van der Waals surface area contributed by atoms with Crippen LogP contribution in [-0.4, -0.2) is 11.6 Å². The lowest BCUT2D eigenvalue weighted by Crippen LogP contribution is -2.25. The van der Waals surface area contributed by atoms with Crippen LogP contribution >= 0.6 is 15.9 Å². The van der Waals surface area contributed by atoms with Gasteiger partial charge in [-0.2, -0.15) is 10.1 Å². The van der Waals surface area contributed by atoms with E-state index in [2.05, 4.69) is 21.0 Å². The number of hydrogen-bond acceptors (Lipinski definition) is 2. The SMILES string of the molecule is CCC1=NN(c2ccccc2Br)C(=O)C1C. The van der Waals surface area contributed by atoms with E-state index in [0.717, 1.165) is 22.3 Å². The molecule has 1 atom stereocenters. The van der Waals surface area contributed by atoms with Gasteiger partial charge in [0.25, 0.3) is 5.91 Å². The predicted molar refractivity (Wildman–Crippen MR) is 68.5 cm³/mol. The van der Waals surface area contributed by atoms with E-state index in [0.29, 0.717) is 0 Å². The zero-order valence-electron chi connectivity index (χ0n) is 9.27. The third-order valence-electron chi connectivity index (χ3n) is 2.75. The van der Waals surface area contributed by atoms with Crippen molar-refractivity contribution >= 4 is 33.2 Å². The van der Waals surface area contributed by atoms with Gasteiger partial charge in [0.1, 0.15) is 0 Å². The van der Waals surface area contributed by atoms with Gasteiger partial charge >= 0.3 is 0 Å². The van der Waals surface area contributed by atoms with E-state index in [1.165, 1.54) is 5.01 Å². The Morgan fingerprint density at radius 2 is 2.12 bits per heavy atom. The summed E-state index contributed by atoms with van der Waals surface area (Å²) in [5.41, 5.74) is 1.75. The van der Waals surface area contributed by atoms with Crippen molar-refractivity contribution in [2.45, 2.75) is 20.3 Å². The quantitative estimate of drug-likeness (QED) is 0.819. The maximum atomic E-state index is 12.0. The highest BCUT2D eigenvalue weighted by molar-refractivity contribution is 9.10. The van der Waals surface area contributed by atoms with Crippen molar-refractivity contribution in [3.63, 3.8) is 0 Å². The molecule has 1 aromatic rings. The van der Waals surface area contributed by atoms with Crippen molar-refractivity contribution in [3.05, 3.63) is 28.7 Å². The monoisotopic (exact) mass is 280 g/mol. The van der Waals surface area contributed by atoms with Gasteiger partial charge in [0.2, 0.25) is 0 Å². The second kappa shape index (κ2) is 4.37. The summed E-state index contributed by atoms with van der Waals surface area (Å²) >= 11 is 3.43. The fourth-order valence-electron chi connectivity index (χ4n) is 1.76. The molecule has 2 rings (SSSR count). The molecule has 84 valence electrons. The minimum absolute atomic E-state index is 0.0451. The number of carbonyl (C=O) groups is 1. The number of amides is 1. The summed E-state index contributed by atoms with van der Waals surface area (Å²) in [6.07, 6.45) is 0.813. The Bertz CT molecular complexity index is 456. The van der Waals surface area contributed by atoms with Gasteiger partial charge in [-0.1, -0.05) is 19.1 Å². The lowest BCUT2D eigenvalue weighted by Gasteiger charge is -2.14. The summed E-state index contributed by atoms with van der Waals surface area (Å²) in [6.45, 7) is 3.92. The summed E-state index contributed by atoms with van der Waals surface area (Å²) < 4.78 is 0.886. The molecule has 0 saturated carbocycles. The van der Waals surface area contributed by atoms with E-state index in [9.17, 15) is 4.79 Å². The molecule has 1 heterocycles. The fourth-order valence-corrected chi connectivity index (χ4v) is 2.22. The molecule has 3 nitrogen and oxygen atoms in total. The first-order valence-electron chi connectivity index (χ1n) is 5.31. The number of anilines is 1. The number of rotatable bonds is 2. The van der Waals surface area contributed by atoms with Crippen LogP contribution in [-0.2, 0) is 4.79 Å². The highest BCUT2D eigenvalue weighted by Crippen LogP contribution is 2.30. The number of para-hydroxylation sites is 1. The molecule has 0 aliphatic carbocycles. The lowest BCUT2D eigenvalue weighted by molar-refractivity contribution is -0.119. The van der Waals surface area contributed by atoms with Crippen LogP contribution in [0.25, 0.3) is 0 Å². The summed E-state index contributed by atoms with van der Waals surface area (Å²) in [7, 11) is 0. The summed E-state index contributed by atoms with van der Waals surface area (Å²) in [5.74, 6) is -0.0548. The summed E-state index contributed by atoms with van der Waals surface area (Å²) in [4.78, 5) is 12.0. The summed E-state index contributed by atoms with van der Waals surface area (Å²) in [5, 5.41) is 5.86. The van der Waals surface area contributed by atoms with Crippen molar-refractivity contribution < 1.29 is 4.79 Å². The molecule has 1 aromatic carbocycles. The van der Waals surface area contributed by atoms with E-state index in [-0.39, 0.29) is 11.8 Å². The largest absolute Gasteiger partial charge is 0.272 e. The predicted octanol–water partition coefficient (Wildman–Crippen LogP) is 3.20. The molecule has 1 aliphatic rings. The minimum Gasteiger partial charge on any atom is -0.272 e. The van der Waals surface area contributed by atoms with Gasteiger partial charge in [0, 0.05) is 4.47 Å². The van der Waals surface area contributed by atoms with Gasteiger partial charge in [-0.15, -0.1) is 0 Å².